The lowest BCUT2D eigenvalue weighted by atomic mass is 9.79. The highest BCUT2D eigenvalue weighted by Crippen LogP contribution is 2.30. The topological polar surface area (TPSA) is 93.5 Å². The van der Waals surface area contributed by atoms with Gasteiger partial charge in [-0.25, -0.2) is 0 Å². The van der Waals surface area contributed by atoms with Crippen LogP contribution in [0.2, 0.25) is 0 Å². The lowest BCUT2D eigenvalue weighted by Crippen LogP contribution is -2.46. The molecule has 1 fully saturated rings. The number of carbonyl (C=O) groups is 2. The summed E-state index contributed by atoms with van der Waals surface area (Å²) in [5.74, 6) is -0.239. The average molecular weight is 291 g/mol. The second-order valence-electron chi connectivity index (χ2n) is 5.21. The summed E-state index contributed by atoms with van der Waals surface area (Å²) < 4.78 is 5.30. The smallest absolute Gasteiger partial charge is 0.251 e. The van der Waals surface area contributed by atoms with Crippen LogP contribution < -0.4 is 16.4 Å². The van der Waals surface area contributed by atoms with Crippen LogP contribution in [0.25, 0.3) is 0 Å². The molecule has 0 unspecified atom stereocenters. The fourth-order valence-corrected chi connectivity index (χ4v) is 2.40. The van der Waals surface area contributed by atoms with Gasteiger partial charge < -0.3 is 21.1 Å². The van der Waals surface area contributed by atoms with Crippen molar-refractivity contribution in [3.63, 3.8) is 0 Å². The highest BCUT2D eigenvalue weighted by Gasteiger charge is 2.38. The van der Waals surface area contributed by atoms with Crippen molar-refractivity contribution >= 4 is 17.5 Å². The van der Waals surface area contributed by atoms with Gasteiger partial charge in [-0.15, -0.1) is 0 Å². The maximum Gasteiger partial charge on any atom is 0.251 e. The van der Waals surface area contributed by atoms with E-state index in [-0.39, 0.29) is 11.8 Å². The summed E-state index contributed by atoms with van der Waals surface area (Å²) in [4.78, 5) is 23.9. The summed E-state index contributed by atoms with van der Waals surface area (Å²) in [6.45, 7) is 1.42. The van der Waals surface area contributed by atoms with Crippen molar-refractivity contribution in [2.24, 2.45) is 11.1 Å². The molecule has 0 atom stereocenters. The van der Waals surface area contributed by atoms with Crippen LogP contribution >= 0.6 is 0 Å². The highest BCUT2D eigenvalue weighted by atomic mass is 16.5. The number of ether oxygens (including phenoxy) is 1. The van der Waals surface area contributed by atoms with Gasteiger partial charge in [-0.1, -0.05) is 0 Å². The first-order valence-electron chi connectivity index (χ1n) is 7.03. The zero-order valence-electron chi connectivity index (χ0n) is 12.1. The molecule has 1 aromatic carbocycles. The van der Waals surface area contributed by atoms with Crippen LogP contribution in [-0.2, 0) is 9.53 Å². The van der Waals surface area contributed by atoms with E-state index in [1.54, 1.807) is 31.3 Å². The first-order chi connectivity index (χ1) is 10.1. The van der Waals surface area contributed by atoms with Crippen molar-refractivity contribution in [3.05, 3.63) is 29.8 Å². The Morgan fingerprint density at radius 2 is 1.86 bits per heavy atom. The zero-order chi connectivity index (χ0) is 15.3. The van der Waals surface area contributed by atoms with Crippen molar-refractivity contribution in [1.29, 1.82) is 0 Å². The summed E-state index contributed by atoms with van der Waals surface area (Å²) in [5, 5.41) is 5.43. The normalized spacial score (nSPS) is 17.0. The van der Waals surface area contributed by atoms with E-state index in [0.717, 1.165) is 0 Å². The zero-order valence-corrected chi connectivity index (χ0v) is 12.1. The van der Waals surface area contributed by atoms with Crippen LogP contribution in [0.1, 0.15) is 23.2 Å². The largest absolute Gasteiger partial charge is 0.381 e. The third-order valence-corrected chi connectivity index (χ3v) is 3.95. The Bertz CT molecular complexity index is 507. The number of hydrogen-bond acceptors (Lipinski definition) is 4. The van der Waals surface area contributed by atoms with Crippen LogP contribution in [0.3, 0.4) is 0 Å². The van der Waals surface area contributed by atoms with E-state index in [9.17, 15) is 9.59 Å². The van der Waals surface area contributed by atoms with Gasteiger partial charge in [-0.2, -0.15) is 0 Å². The molecule has 1 heterocycles. The van der Waals surface area contributed by atoms with Crippen LogP contribution in [0, 0.1) is 5.41 Å². The number of benzene rings is 1. The average Bonchev–Trinajstić information content (AvgIpc) is 2.55. The summed E-state index contributed by atoms with van der Waals surface area (Å²) >= 11 is 0. The molecule has 6 nitrogen and oxygen atoms in total. The number of nitrogens with two attached hydrogens (primary N) is 1. The molecule has 6 heteroatoms. The van der Waals surface area contributed by atoms with Gasteiger partial charge in [0.2, 0.25) is 5.91 Å². The van der Waals surface area contributed by atoms with Crippen molar-refractivity contribution in [2.45, 2.75) is 12.8 Å². The van der Waals surface area contributed by atoms with E-state index < -0.39 is 5.41 Å². The molecule has 1 aromatic rings. The molecule has 4 N–H and O–H groups in total. The van der Waals surface area contributed by atoms with Gasteiger partial charge in [-0.05, 0) is 37.1 Å². The highest BCUT2D eigenvalue weighted by molar-refractivity contribution is 5.97. The second kappa shape index (κ2) is 6.69. The fraction of sp³-hybridized carbons (Fsp3) is 0.467. The third-order valence-electron chi connectivity index (χ3n) is 3.95. The van der Waals surface area contributed by atoms with Gasteiger partial charge in [0.15, 0.2) is 0 Å². The summed E-state index contributed by atoms with van der Waals surface area (Å²) in [7, 11) is 1.58. The fourth-order valence-electron chi connectivity index (χ4n) is 2.40. The lowest BCUT2D eigenvalue weighted by molar-refractivity contribution is -0.130. The molecule has 0 spiro atoms. The van der Waals surface area contributed by atoms with Gasteiger partial charge in [-0.3, -0.25) is 9.59 Å². The number of hydrogen-bond donors (Lipinski definition) is 3. The Morgan fingerprint density at radius 1 is 1.24 bits per heavy atom. The quantitative estimate of drug-likeness (QED) is 0.762. The Labute approximate surface area is 124 Å². The van der Waals surface area contributed by atoms with E-state index in [4.69, 9.17) is 10.5 Å². The second-order valence-corrected chi connectivity index (χ2v) is 5.21. The Morgan fingerprint density at radius 3 is 2.38 bits per heavy atom. The Hall–Kier alpha value is -1.92. The van der Waals surface area contributed by atoms with Crippen LogP contribution in [-0.4, -0.2) is 38.6 Å². The van der Waals surface area contributed by atoms with Gasteiger partial charge >= 0.3 is 0 Å². The summed E-state index contributed by atoms with van der Waals surface area (Å²) in [6.07, 6.45) is 1.26. The molecule has 0 radical (unpaired) electrons. The molecule has 2 amide bonds. The molecule has 1 aliphatic rings. The van der Waals surface area contributed by atoms with Gasteiger partial charge in [0, 0.05) is 38.1 Å². The van der Waals surface area contributed by atoms with Crippen LogP contribution in [0.4, 0.5) is 5.69 Å². The molecule has 1 aliphatic heterocycles. The van der Waals surface area contributed by atoms with Gasteiger partial charge in [0.25, 0.3) is 5.91 Å². The number of anilines is 1. The summed E-state index contributed by atoms with van der Waals surface area (Å²) in [5.41, 5.74) is 6.46. The molecule has 0 bridgehead atoms. The van der Waals surface area contributed by atoms with E-state index in [1.807, 2.05) is 0 Å². The molecule has 21 heavy (non-hydrogen) atoms. The molecule has 114 valence electrons. The van der Waals surface area contributed by atoms with E-state index in [2.05, 4.69) is 10.6 Å². The maximum absolute atomic E-state index is 12.5. The van der Waals surface area contributed by atoms with Crippen molar-refractivity contribution in [3.8, 4) is 0 Å². The van der Waals surface area contributed by atoms with Gasteiger partial charge in [0.05, 0.1) is 5.41 Å². The third kappa shape index (κ3) is 3.40. The molecule has 2 rings (SSSR count). The predicted molar refractivity (Wildman–Crippen MR) is 80.0 cm³/mol. The first kappa shape index (κ1) is 15.5. The number of nitrogens with one attached hydrogen (secondary N) is 2. The molecule has 1 saturated heterocycles. The van der Waals surface area contributed by atoms with Gasteiger partial charge in [0.1, 0.15) is 0 Å². The minimum absolute atomic E-state index is 0.0824. The first-order valence-corrected chi connectivity index (χ1v) is 7.03. The Balaban J connectivity index is 2.06. The molecular formula is C15H21N3O3. The molecule has 0 saturated carbocycles. The van der Waals surface area contributed by atoms with E-state index in [0.29, 0.717) is 43.9 Å². The SMILES string of the molecule is CNC(=O)c1ccc(NC(=O)C2(CN)CCOCC2)cc1. The van der Waals surface area contributed by atoms with Crippen molar-refractivity contribution in [1.82, 2.24) is 5.32 Å². The maximum atomic E-state index is 12.5. The predicted octanol–water partition coefficient (Wildman–Crippen LogP) is 0.740. The number of amides is 2. The minimum Gasteiger partial charge on any atom is -0.381 e. The van der Waals surface area contributed by atoms with E-state index in [1.165, 1.54) is 0 Å². The Kier molecular flexibility index (Phi) is 4.93. The number of carbonyl (C=O) groups excluding carboxylic acids is 2. The molecular weight excluding hydrogens is 270 g/mol. The standard InChI is InChI=1S/C15H21N3O3/c1-17-13(19)11-2-4-12(5-3-11)18-14(20)15(10-16)6-8-21-9-7-15/h2-5H,6-10,16H2,1H3,(H,17,19)(H,18,20). The molecule has 0 aromatic heterocycles. The summed E-state index contributed by atoms with van der Waals surface area (Å²) in [6, 6.07) is 6.78. The molecule has 0 aliphatic carbocycles. The van der Waals surface area contributed by atoms with Crippen LogP contribution in [0.15, 0.2) is 24.3 Å². The van der Waals surface area contributed by atoms with E-state index >= 15 is 0 Å². The monoisotopic (exact) mass is 291 g/mol. The van der Waals surface area contributed by atoms with Crippen molar-refractivity contribution < 1.29 is 14.3 Å². The lowest BCUT2D eigenvalue weighted by Gasteiger charge is -2.34. The van der Waals surface area contributed by atoms with Crippen molar-refractivity contribution in [2.75, 3.05) is 32.1 Å². The van der Waals surface area contributed by atoms with Crippen LogP contribution in [0.5, 0.6) is 0 Å². The minimum atomic E-state index is -0.558. The number of rotatable bonds is 4.